The quantitative estimate of drug-likeness (QED) is 0.109. The lowest BCUT2D eigenvalue weighted by Gasteiger charge is -2.21. The van der Waals surface area contributed by atoms with Crippen LogP contribution in [-0.2, 0) is 22.6 Å². The summed E-state index contributed by atoms with van der Waals surface area (Å²) < 4.78 is 39.0. The van der Waals surface area contributed by atoms with E-state index in [2.05, 4.69) is 62.8 Å². The summed E-state index contributed by atoms with van der Waals surface area (Å²) in [6, 6.07) is 15.8. The van der Waals surface area contributed by atoms with E-state index in [9.17, 15) is 18.4 Å². The van der Waals surface area contributed by atoms with Crippen LogP contribution in [0.5, 0.6) is 0 Å². The Bertz CT molecular complexity index is 2190. The third-order valence-corrected chi connectivity index (χ3v) is 11.4. The summed E-state index contributed by atoms with van der Waals surface area (Å²) in [5.41, 5.74) is 9.87. The number of carbonyl (C=O) groups excluding carboxylic acids is 2. The highest BCUT2D eigenvalue weighted by Gasteiger charge is 2.28. The number of ether oxygens (including phenoxy) is 2. The second-order valence-electron chi connectivity index (χ2n) is 15.1. The summed E-state index contributed by atoms with van der Waals surface area (Å²) in [6.07, 6.45) is 9.29. The monoisotopic (exact) mass is 804 g/mol. The number of benzene rings is 2. The fourth-order valence-corrected chi connectivity index (χ4v) is 8.10. The summed E-state index contributed by atoms with van der Waals surface area (Å²) in [5, 5.41) is 15.9. The molecule has 0 radical (unpaired) electrons. The molecular formula is C44H62F2N8O4. The molecule has 0 bridgehead atoms. The molecule has 2 amide bonds. The number of alkyl halides is 2. The predicted octanol–water partition coefficient (Wildman–Crippen LogP) is 9.73. The molecule has 0 atom stereocenters. The fourth-order valence-electron chi connectivity index (χ4n) is 8.10. The minimum absolute atomic E-state index is 0. The Morgan fingerprint density at radius 3 is 1.67 bits per heavy atom. The minimum Gasteiger partial charge on any atom is -0.381 e. The zero-order valence-corrected chi connectivity index (χ0v) is 33.7. The smallest absolute Gasteiger partial charge is 0.333 e. The molecule has 9 rings (SSSR count). The van der Waals surface area contributed by atoms with Crippen LogP contribution in [0, 0.1) is 13.8 Å². The molecule has 12 nitrogen and oxygen atoms in total. The molecule has 4 N–H and O–H groups in total. The van der Waals surface area contributed by atoms with Crippen molar-refractivity contribution in [1.29, 1.82) is 0 Å². The van der Waals surface area contributed by atoms with Crippen molar-refractivity contribution in [3.63, 3.8) is 0 Å². The number of H-pyrrole nitrogens is 2. The van der Waals surface area contributed by atoms with Gasteiger partial charge in [0.05, 0.1) is 6.04 Å². The van der Waals surface area contributed by atoms with Crippen molar-refractivity contribution in [2.45, 2.75) is 104 Å². The van der Waals surface area contributed by atoms with Crippen LogP contribution in [0.2, 0.25) is 0 Å². The summed E-state index contributed by atoms with van der Waals surface area (Å²) in [5.74, 6) is 0.385. The molecule has 1 saturated carbocycles. The molecule has 58 heavy (non-hydrogen) atoms. The highest BCUT2D eigenvalue weighted by Crippen LogP contribution is 2.36. The zero-order chi connectivity index (χ0) is 40.8. The number of aromatic amines is 2. The first-order valence-electron chi connectivity index (χ1n) is 20.5. The average Bonchev–Trinajstić information content (AvgIpc) is 3.56. The Hall–Kier alpha value is -5.34. The lowest BCUT2D eigenvalue weighted by atomic mass is 9.93. The molecular weight excluding hydrogens is 743 g/mol. The third kappa shape index (κ3) is 9.02. The number of nitrogens with zero attached hydrogens (tertiary/aromatic N) is 4. The second kappa shape index (κ2) is 18.5. The van der Waals surface area contributed by atoms with E-state index in [1.807, 2.05) is 36.7 Å². The van der Waals surface area contributed by atoms with Crippen molar-refractivity contribution in [2.75, 3.05) is 26.4 Å². The van der Waals surface area contributed by atoms with Gasteiger partial charge in [0.15, 0.2) is 0 Å². The number of rotatable bonds is 10. The number of hydrogen-bond donors (Lipinski definition) is 4. The van der Waals surface area contributed by atoms with Crippen LogP contribution in [0.15, 0.2) is 60.9 Å². The number of hydrogen-bond acceptors (Lipinski definition) is 6. The van der Waals surface area contributed by atoms with Crippen LogP contribution in [0.25, 0.3) is 21.8 Å². The fraction of sp³-hybridized carbons (Fsp3) is 0.455. The maximum absolute atomic E-state index is 12.9. The highest BCUT2D eigenvalue weighted by atomic mass is 19.3. The normalized spacial score (nSPS) is 16.2. The van der Waals surface area contributed by atoms with Gasteiger partial charge in [-0.05, 0) is 111 Å². The predicted molar refractivity (Wildman–Crippen MR) is 228 cm³/mol. The van der Waals surface area contributed by atoms with Gasteiger partial charge in [-0.2, -0.15) is 23.7 Å². The Kier molecular flexibility index (Phi) is 13.0. The van der Waals surface area contributed by atoms with Crippen LogP contribution >= 0.6 is 0 Å². The van der Waals surface area contributed by atoms with Gasteiger partial charge in [0.2, 0.25) is 0 Å². The number of halogens is 2. The van der Waals surface area contributed by atoms with E-state index in [0.29, 0.717) is 34.8 Å². The van der Waals surface area contributed by atoms with Crippen LogP contribution in [0.1, 0.15) is 137 Å². The van der Waals surface area contributed by atoms with Crippen molar-refractivity contribution in [3.05, 3.63) is 106 Å². The summed E-state index contributed by atoms with van der Waals surface area (Å²) in [4.78, 5) is 32.0. The van der Waals surface area contributed by atoms with E-state index in [1.54, 1.807) is 12.3 Å². The number of nitrogens with one attached hydrogen (secondary N) is 4. The zero-order valence-electron chi connectivity index (χ0n) is 33.7. The van der Waals surface area contributed by atoms with Gasteiger partial charge in [-0.15, -0.1) is 0 Å². The van der Waals surface area contributed by atoms with E-state index in [4.69, 9.17) is 9.47 Å². The first kappa shape index (κ1) is 40.8. The SMILES string of the molecule is CC.Cc1c(C2CCOCC2)[nH]c2ccc(CNC(=O)c3ccnn3C(F)F)cc12.Cc1c(C2CCOCC2)[nH]c2ccc(CNC(=O)c3ccnn3C3CC3)cc12.[HH].[HH].[HH].[HH]. The Labute approximate surface area is 343 Å². The second-order valence-corrected chi connectivity index (χ2v) is 15.1. The van der Waals surface area contributed by atoms with Gasteiger partial charge in [-0.3, -0.25) is 14.3 Å². The van der Waals surface area contributed by atoms with E-state index < -0.39 is 12.5 Å². The van der Waals surface area contributed by atoms with Gasteiger partial charge >= 0.3 is 6.55 Å². The summed E-state index contributed by atoms with van der Waals surface area (Å²) in [7, 11) is 0. The van der Waals surface area contributed by atoms with E-state index in [1.165, 1.54) is 45.7 Å². The largest absolute Gasteiger partial charge is 0.381 e. The third-order valence-electron chi connectivity index (χ3n) is 11.4. The summed E-state index contributed by atoms with van der Waals surface area (Å²) in [6.45, 7) is 9.47. The van der Waals surface area contributed by atoms with Crippen LogP contribution in [0.3, 0.4) is 0 Å². The average molecular weight is 805 g/mol. The number of amides is 2. The number of fused-ring (bicyclic) bond motifs is 2. The van der Waals surface area contributed by atoms with Crippen LogP contribution in [-0.4, -0.2) is 67.8 Å². The number of carbonyl (C=O) groups is 2. The Morgan fingerprint density at radius 1 is 0.724 bits per heavy atom. The van der Waals surface area contributed by atoms with E-state index >= 15 is 0 Å². The van der Waals surface area contributed by atoms with Crippen LogP contribution < -0.4 is 10.6 Å². The molecule has 14 heteroatoms. The topological polar surface area (TPSA) is 144 Å². The molecule has 6 heterocycles. The molecule has 0 unspecified atom stereocenters. The first-order valence-corrected chi connectivity index (χ1v) is 20.5. The van der Waals surface area contributed by atoms with Gasteiger partial charge < -0.3 is 30.1 Å². The van der Waals surface area contributed by atoms with E-state index in [0.717, 1.165) is 87.0 Å². The van der Waals surface area contributed by atoms with Crippen molar-refractivity contribution in [1.82, 2.24) is 40.2 Å². The lowest BCUT2D eigenvalue weighted by molar-refractivity contribution is 0.0509. The maximum atomic E-state index is 12.9. The number of aryl methyl sites for hydroxylation is 2. The Morgan fingerprint density at radius 2 is 1.19 bits per heavy atom. The molecule has 2 aliphatic heterocycles. The van der Waals surface area contributed by atoms with E-state index in [-0.39, 0.29) is 23.9 Å². The van der Waals surface area contributed by atoms with Crippen molar-refractivity contribution >= 4 is 33.6 Å². The molecule has 316 valence electrons. The van der Waals surface area contributed by atoms with Crippen molar-refractivity contribution < 1.29 is 33.6 Å². The van der Waals surface area contributed by atoms with Gasteiger partial charge in [-0.25, -0.2) is 0 Å². The molecule has 3 fully saturated rings. The van der Waals surface area contributed by atoms with Gasteiger partial charge in [0.1, 0.15) is 11.4 Å². The molecule has 3 aliphatic rings. The molecule has 6 aromatic rings. The molecule has 0 spiro atoms. The maximum Gasteiger partial charge on any atom is 0.333 e. The van der Waals surface area contributed by atoms with Crippen molar-refractivity contribution in [3.8, 4) is 0 Å². The first-order chi connectivity index (χ1) is 28.2. The standard InChI is InChI=1S/C22H26N4O2.C20H22F2N4O2.C2H6.4H2/c1-14-18-12-15(2-5-19(18)25-21(14)16-7-10-28-11-8-16)13-23-22(27)20-6-9-24-26(20)17-3-4-17;1-12-15-10-13(11-23-19(27)17-4-7-24-26(17)20(21)22)2-3-16(15)25-18(12)14-5-8-28-9-6-14;1-2;;;;/h2,5-6,9,12,16-17,25H,3-4,7-8,10-11,13H2,1H3,(H,23,27);2-4,7,10,14,20,25H,5-6,8-9,11H2,1H3,(H,23,27);1-2H3;4*1H. The highest BCUT2D eigenvalue weighted by molar-refractivity contribution is 5.93. The van der Waals surface area contributed by atoms with Crippen molar-refractivity contribution in [2.24, 2.45) is 0 Å². The lowest BCUT2D eigenvalue weighted by Crippen LogP contribution is -2.26. The van der Waals surface area contributed by atoms with Crippen LogP contribution in [0.4, 0.5) is 8.78 Å². The van der Waals surface area contributed by atoms with Gasteiger partial charge in [0.25, 0.3) is 11.8 Å². The molecule has 1 aliphatic carbocycles. The molecule has 2 saturated heterocycles. The van der Waals surface area contributed by atoms with Gasteiger partial charge in [0, 0.05) is 103 Å². The molecule has 4 aromatic heterocycles. The van der Waals surface area contributed by atoms with Gasteiger partial charge in [-0.1, -0.05) is 26.0 Å². The minimum atomic E-state index is -2.85. The Balaban J connectivity index is 0.000000299. The molecule has 2 aromatic carbocycles. The number of aromatic nitrogens is 6. The summed E-state index contributed by atoms with van der Waals surface area (Å²) >= 11 is 0.